The summed E-state index contributed by atoms with van der Waals surface area (Å²) in [6.07, 6.45) is 0. The Labute approximate surface area is 163 Å². The van der Waals surface area contributed by atoms with E-state index >= 15 is 0 Å². The van der Waals surface area contributed by atoms with Gasteiger partial charge in [0, 0.05) is 31.3 Å². The molecule has 7 nitrogen and oxygen atoms in total. The average Bonchev–Trinajstić information content (AvgIpc) is 2.71. The van der Waals surface area contributed by atoms with Crippen LogP contribution in [0.15, 0.2) is 42.5 Å². The Bertz CT molecular complexity index is 814. The van der Waals surface area contributed by atoms with Crippen molar-refractivity contribution in [1.29, 1.82) is 0 Å². The second-order valence-corrected chi connectivity index (χ2v) is 5.90. The molecule has 28 heavy (non-hydrogen) atoms. The molecule has 0 aliphatic rings. The van der Waals surface area contributed by atoms with Gasteiger partial charge in [0.05, 0.1) is 31.1 Å². The van der Waals surface area contributed by atoms with Gasteiger partial charge in [0.2, 0.25) is 0 Å². The van der Waals surface area contributed by atoms with Crippen molar-refractivity contribution >= 4 is 17.5 Å². The number of halogens is 1. The van der Waals surface area contributed by atoms with Crippen molar-refractivity contribution in [2.45, 2.75) is 6.61 Å². The first-order valence-corrected chi connectivity index (χ1v) is 8.80. The van der Waals surface area contributed by atoms with Gasteiger partial charge in [-0.3, -0.25) is 9.59 Å². The Morgan fingerprint density at radius 2 is 1.89 bits per heavy atom. The van der Waals surface area contributed by atoms with Crippen LogP contribution in [-0.4, -0.2) is 45.2 Å². The van der Waals surface area contributed by atoms with Gasteiger partial charge < -0.3 is 25.8 Å². The highest BCUT2D eigenvalue weighted by atomic mass is 19.1. The van der Waals surface area contributed by atoms with Crippen LogP contribution in [0.4, 0.5) is 10.1 Å². The molecule has 0 unspecified atom stereocenters. The molecule has 0 aromatic heterocycles. The number of amides is 2. The van der Waals surface area contributed by atoms with Crippen molar-refractivity contribution in [2.24, 2.45) is 5.73 Å². The van der Waals surface area contributed by atoms with Crippen molar-refractivity contribution in [3.8, 4) is 0 Å². The van der Waals surface area contributed by atoms with E-state index < -0.39 is 11.7 Å². The van der Waals surface area contributed by atoms with Gasteiger partial charge in [-0.15, -0.1) is 0 Å². The summed E-state index contributed by atoms with van der Waals surface area (Å²) in [6, 6.07) is 10.6. The monoisotopic (exact) mass is 389 g/mol. The number of rotatable bonds is 10. The van der Waals surface area contributed by atoms with Gasteiger partial charge in [-0.05, 0) is 30.3 Å². The van der Waals surface area contributed by atoms with Crippen molar-refractivity contribution in [3.63, 3.8) is 0 Å². The van der Waals surface area contributed by atoms with Crippen LogP contribution in [-0.2, 0) is 16.1 Å². The van der Waals surface area contributed by atoms with E-state index in [-0.39, 0.29) is 23.6 Å². The van der Waals surface area contributed by atoms with Gasteiger partial charge in [-0.25, -0.2) is 4.39 Å². The zero-order chi connectivity index (χ0) is 20.4. The predicted octanol–water partition coefficient (Wildman–Crippen LogP) is 1.93. The Hall–Kier alpha value is -2.81. The highest BCUT2D eigenvalue weighted by Gasteiger charge is 2.15. The van der Waals surface area contributed by atoms with E-state index in [2.05, 4.69) is 10.6 Å². The molecule has 0 atom stereocenters. The molecule has 0 aliphatic heterocycles. The van der Waals surface area contributed by atoms with Gasteiger partial charge in [0.1, 0.15) is 5.82 Å². The van der Waals surface area contributed by atoms with Gasteiger partial charge in [0.15, 0.2) is 0 Å². The third-order valence-electron chi connectivity index (χ3n) is 3.85. The number of benzene rings is 2. The molecule has 150 valence electrons. The number of ether oxygens (including phenoxy) is 2. The zero-order valence-electron chi connectivity index (χ0n) is 15.7. The lowest BCUT2D eigenvalue weighted by Gasteiger charge is -2.12. The van der Waals surface area contributed by atoms with E-state index in [1.165, 1.54) is 18.2 Å². The number of nitrogens with one attached hydrogen (secondary N) is 2. The molecule has 2 rings (SSSR count). The number of anilines is 1. The number of hydrogen-bond acceptors (Lipinski definition) is 5. The van der Waals surface area contributed by atoms with Crippen LogP contribution in [0, 0.1) is 5.82 Å². The SMILES string of the molecule is COCCOCc1cc(C(=O)Nc2ccccc2C(=O)NCCN)ccc1F. The standard InChI is InChI=1S/C20H24FN3O4/c1-27-10-11-28-13-15-12-14(6-7-17(15)21)19(25)24-18-5-3-2-4-16(18)20(26)23-9-8-22/h2-7,12H,8-11,13,22H2,1H3,(H,23,26)(H,24,25). The number of methoxy groups -OCH3 is 1. The maximum atomic E-state index is 14.0. The van der Waals surface area contributed by atoms with E-state index in [0.29, 0.717) is 37.6 Å². The Morgan fingerprint density at radius 1 is 1.11 bits per heavy atom. The highest BCUT2D eigenvalue weighted by Crippen LogP contribution is 2.18. The first kappa shape index (κ1) is 21.5. The summed E-state index contributed by atoms with van der Waals surface area (Å²) in [4.78, 5) is 24.8. The van der Waals surface area contributed by atoms with Gasteiger partial charge in [0.25, 0.3) is 11.8 Å². The minimum Gasteiger partial charge on any atom is -0.382 e. The molecule has 0 aliphatic carbocycles. The third kappa shape index (κ3) is 6.12. The summed E-state index contributed by atoms with van der Waals surface area (Å²) < 4.78 is 24.1. The quantitative estimate of drug-likeness (QED) is 0.539. The molecule has 0 fully saturated rings. The molecule has 2 amide bonds. The molecule has 0 spiro atoms. The van der Waals surface area contributed by atoms with E-state index in [0.717, 1.165) is 0 Å². The summed E-state index contributed by atoms with van der Waals surface area (Å²) in [5.74, 6) is -1.26. The molecule has 0 radical (unpaired) electrons. The number of para-hydroxylation sites is 1. The predicted molar refractivity (Wildman–Crippen MR) is 104 cm³/mol. The Balaban J connectivity index is 2.12. The lowest BCUT2D eigenvalue weighted by molar-refractivity contribution is 0.0604. The molecule has 0 bridgehead atoms. The van der Waals surface area contributed by atoms with Crippen LogP contribution in [0.5, 0.6) is 0 Å². The molecule has 0 heterocycles. The van der Waals surface area contributed by atoms with Crippen LogP contribution >= 0.6 is 0 Å². The first-order valence-electron chi connectivity index (χ1n) is 8.80. The van der Waals surface area contributed by atoms with Crippen molar-refractivity contribution in [2.75, 3.05) is 38.7 Å². The molecule has 0 saturated carbocycles. The summed E-state index contributed by atoms with van der Waals surface area (Å²) in [7, 11) is 1.54. The van der Waals surface area contributed by atoms with Crippen LogP contribution in [0.2, 0.25) is 0 Å². The first-order chi connectivity index (χ1) is 13.6. The Morgan fingerprint density at radius 3 is 2.64 bits per heavy atom. The van der Waals surface area contributed by atoms with E-state index in [1.54, 1.807) is 31.4 Å². The fourth-order valence-electron chi connectivity index (χ4n) is 2.42. The molecule has 2 aromatic rings. The van der Waals surface area contributed by atoms with E-state index in [4.69, 9.17) is 15.2 Å². The maximum Gasteiger partial charge on any atom is 0.255 e. The number of hydrogen-bond donors (Lipinski definition) is 3. The molecular weight excluding hydrogens is 365 g/mol. The minimum absolute atomic E-state index is 0.0222. The van der Waals surface area contributed by atoms with Crippen molar-refractivity contribution < 1.29 is 23.5 Å². The van der Waals surface area contributed by atoms with Crippen molar-refractivity contribution in [3.05, 3.63) is 65.0 Å². The largest absolute Gasteiger partial charge is 0.382 e. The molecule has 2 aromatic carbocycles. The fourth-order valence-corrected chi connectivity index (χ4v) is 2.42. The van der Waals surface area contributed by atoms with E-state index in [9.17, 15) is 14.0 Å². The van der Waals surface area contributed by atoms with Crippen LogP contribution < -0.4 is 16.4 Å². The van der Waals surface area contributed by atoms with Gasteiger partial charge in [-0.2, -0.15) is 0 Å². The maximum absolute atomic E-state index is 14.0. The normalized spacial score (nSPS) is 10.5. The van der Waals surface area contributed by atoms with Crippen LogP contribution in [0.1, 0.15) is 26.3 Å². The van der Waals surface area contributed by atoms with Crippen LogP contribution in [0.3, 0.4) is 0 Å². The van der Waals surface area contributed by atoms with Crippen LogP contribution in [0.25, 0.3) is 0 Å². The smallest absolute Gasteiger partial charge is 0.255 e. The lowest BCUT2D eigenvalue weighted by Crippen LogP contribution is -2.30. The second kappa shape index (κ2) is 11.1. The topological polar surface area (TPSA) is 103 Å². The van der Waals surface area contributed by atoms with Gasteiger partial charge in [-0.1, -0.05) is 12.1 Å². The second-order valence-electron chi connectivity index (χ2n) is 5.90. The minimum atomic E-state index is -0.462. The third-order valence-corrected chi connectivity index (χ3v) is 3.85. The summed E-state index contributed by atoms with van der Waals surface area (Å²) >= 11 is 0. The molecule has 8 heteroatoms. The fraction of sp³-hybridized carbons (Fsp3) is 0.300. The van der Waals surface area contributed by atoms with E-state index in [1.807, 2.05) is 0 Å². The summed E-state index contributed by atoms with van der Waals surface area (Å²) in [6.45, 7) is 1.37. The summed E-state index contributed by atoms with van der Waals surface area (Å²) in [5, 5.41) is 5.35. The Kier molecular flexibility index (Phi) is 8.54. The lowest BCUT2D eigenvalue weighted by atomic mass is 10.1. The molecule has 4 N–H and O–H groups in total. The highest BCUT2D eigenvalue weighted by molar-refractivity contribution is 6.09. The number of nitrogens with two attached hydrogens (primary N) is 1. The molecular formula is C20H24FN3O4. The van der Waals surface area contributed by atoms with Crippen molar-refractivity contribution in [1.82, 2.24) is 5.32 Å². The average molecular weight is 389 g/mol. The molecule has 0 saturated heterocycles. The number of carbonyl (C=O) groups is 2. The summed E-state index contributed by atoms with van der Waals surface area (Å²) in [5.41, 5.74) is 6.58. The van der Waals surface area contributed by atoms with Gasteiger partial charge >= 0.3 is 0 Å². The zero-order valence-corrected chi connectivity index (χ0v) is 15.7. The number of carbonyl (C=O) groups excluding carboxylic acids is 2.